The molecule has 1 atom stereocenters. The molecule has 2 heterocycles. The highest BCUT2D eigenvalue weighted by molar-refractivity contribution is 6.30. The Morgan fingerprint density at radius 3 is 2.31 bits per heavy atom. The summed E-state index contributed by atoms with van der Waals surface area (Å²) < 4.78 is 20.1. The van der Waals surface area contributed by atoms with E-state index in [0.717, 1.165) is 74.3 Å². The Balaban J connectivity index is 1.29. The van der Waals surface area contributed by atoms with Crippen LogP contribution in [0, 0.1) is 5.92 Å². The zero-order chi connectivity index (χ0) is 28.6. The minimum Gasteiger partial charge on any atom is -0.490 e. The third-order valence-electron chi connectivity index (χ3n) is 9.00. The molecule has 3 aromatic carbocycles. The van der Waals surface area contributed by atoms with Crippen molar-refractivity contribution >= 4 is 34.3 Å². The van der Waals surface area contributed by atoms with E-state index in [1.807, 2.05) is 31.2 Å². The summed E-state index contributed by atoms with van der Waals surface area (Å²) in [5, 5.41) is 4.82. The van der Waals surface area contributed by atoms with Crippen LogP contribution < -0.4 is 10.1 Å². The Kier molecular flexibility index (Phi) is 7.59. The summed E-state index contributed by atoms with van der Waals surface area (Å²) in [7, 11) is 0. The van der Waals surface area contributed by atoms with E-state index in [9.17, 15) is 4.79 Å². The first-order valence-electron chi connectivity index (χ1n) is 15.3. The van der Waals surface area contributed by atoms with Crippen molar-refractivity contribution in [2.45, 2.75) is 70.1 Å². The van der Waals surface area contributed by atoms with Crippen molar-refractivity contribution in [3.63, 3.8) is 0 Å². The van der Waals surface area contributed by atoms with Crippen LogP contribution in [0.25, 0.3) is 33.3 Å². The first kappa shape index (κ1) is 27.4. The van der Waals surface area contributed by atoms with Crippen LogP contribution in [0.15, 0.2) is 66.7 Å². The first-order valence-corrected chi connectivity index (χ1v) is 15.7. The number of carbonyl (C=O) groups excluding carboxylic acids is 1. The number of hydrogen-bond acceptors (Lipinski definition) is 4. The monoisotopic (exact) mass is 584 g/mol. The molecule has 1 saturated heterocycles. The second kappa shape index (κ2) is 11.7. The van der Waals surface area contributed by atoms with Gasteiger partial charge in [-0.15, -0.1) is 0 Å². The molecule has 0 spiro atoms. The van der Waals surface area contributed by atoms with Crippen molar-refractivity contribution in [2.75, 3.05) is 18.5 Å². The van der Waals surface area contributed by atoms with E-state index in [1.54, 1.807) is 0 Å². The van der Waals surface area contributed by atoms with Gasteiger partial charge >= 0.3 is 6.09 Å². The van der Waals surface area contributed by atoms with Crippen LogP contribution >= 0.6 is 11.6 Å². The number of aromatic nitrogens is 1. The van der Waals surface area contributed by atoms with E-state index >= 15 is 0 Å². The van der Waals surface area contributed by atoms with Gasteiger partial charge < -0.3 is 18.8 Å². The van der Waals surface area contributed by atoms with Crippen molar-refractivity contribution < 1.29 is 19.0 Å². The fourth-order valence-corrected chi connectivity index (χ4v) is 6.38. The van der Waals surface area contributed by atoms with Crippen LogP contribution in [0.5, 0.6) is 5.75 Å². The molecule has 42 heavy (non-hydrogen) atoms. The number of carbonyl (C=O) groups is 1. The molecule has 2 aliphatic carbocycles. The lowest BCUT2D eigenvalue weighted by Crippen LogP contribution is -2.25. The molecule has 1 N–H and O–H groups in total. The molecule has 4 aromatic rings. The summed E-state index contributed by atoms with van der Waals surface area (Å²) in [5.41, 5.74) is 6.49. The highest BCUT2D eigenvalue weighted by Gasteiger charge is 2.31. The number of nitrogens with zero attached hydrogens (tertiary/aromatic N) is 1. The lowest BCUT2D eigenvalue weighted by atomic mass is 9.91. The Hall–Kier alpha value is -3.48. The number of nitrogens with one attached hydrogen (secondary N) is 1. The molecule has 3 aliphatic rings. The summed E-state index contributed by atoms with van der Waals surface area (Å²) in [5.74, 6) is 1.40. The van der Waals surface area contributed by atoms with E-state index in [0.29, 0.717) is 17.0 Å². The van der Waals surface area contributed by atoms with Gasteiger partial charge in [0, 0.05) is 46.6 Å². The summed E-state index contributed by atoms with van der Waals surface area (Å²) >= 11 is 6.31. The summed E-state index contributed by atoms with van der Waals surface area (Å²) in [6.07, 6.45) is 7.34. The first-order chi connectivity index (χ1) is 20.5. The molecule has 1 amide bonds. The molecule has 7 heteroatoms. The maximum atomic E-state index is 12.5. The van der Waals surface area contributed by atoms with E-state index in [-0.39, 0.29) is 12.2 Å². The van der Waals surface area contributed by atoms with Crippen molar-refractivity contribution in [3.05, 3.63) is 71.8 Å². The third-order valence-corrected chi connectivity index (χ3v) is 9.26. The third kappa shape index (κ3) is 5.62. The number of amides is 1. The highest BCUT2D eigenvalue weighted by Crippen LogP contribution is 2.47. The van der Waals surface area contributed by atoms with Crippen LogP contribution in [-0.2, 0) is 9.47 Å². The minimum atomic E-state index is -0.398. The Morgan fingerprint density at radius 1 is 0.929 bits per heavy atom. The second-order valence-electron chi connectivity index (χ2n) is 11.9. The normalized spacial score (nSPS) is 18.4. The largest absolute Gasteiger partial charge is 0.490 e. The molecule has 7 rings (SSSR count). The molecule has 3 fully saturated rings. The van der Waals surface area contributed by atoms with Gasteiger partial charge in [0.15, 0.2) is 0 Å². The number of anilines is 1. The predicted octanol–water partition coefficient (Wildman–Crippen LogP) is 9.26. The van der Waals surface area contributed by atoms with Gasteiger partial charge in [-0.05, 0) is 92.5 Å². The van der Waals surface area contributed by atoms with E-state index in [4.69, 9.17) is 25.8 Å². The van der Waals surface area contributed by atoms with Gasteiger partial charge in [-0.25, -0.2) is 4.79 Å². The lowest BCUT2D eigenvalue weighted by molar-refractivity contribution is 0.0256. The number of hydrogen-bond donors (Lipinski definition) is 1. The van der Waals surface area contributed by atoms with Crippen LogP contribution in [0.1, 0.15) is 57.9 Å². The van der Waals surface area contributed by atoms with Crippen molar-refractivity contribution in [3.8, 4) is 28.1 Å². The van der Waals surface area contributed by atoms with Gasteiger partial charge in [-0.3, -0.25) is 5.32 Å². The smallest absolute Gasteiger partial charge is 0.411 e. The summed E-state index contributed by atoms with van der Waals surface area (Å²) in [4.78, 5) is 12.5. The maximum Gasteiger partial charge on any atom is 0.411 e. The van der Waals surface area contributed by atoms with E-state index in [2.05, 4.69) is 52.3 Å². The highest BCUT2D eigenvalue weighted by atomic mass is 35.5. The van der Waals surface area contributed by atoms with Crippen molar-refractivity contribution in [1.29, 1.82) is 0 Å². The Labute approximate surface area is 251 Å². The molecule has 1 aromatic heterocycles. The molecule has 1 aliphatic heterocycles. The minimum absolute atomic E-state index is 0.0512. The van der Waals surface area contributed by atoms with E-state index < -0.39 is 6.09 Å². The topological polar surface area (TPSA) is 61.7 Å². The molecular weight excluding hydrogens is 548 g/mol. The molecule has 6 nitrogen and oxygen atoms in total. The number of halogens is 1. The number of rotatable bonds is 8. The zero-order valence-electron chi connectivity index (χ0n) is 24.0. The van der Waals surface area contributed by atoms with Crippen LogP contribution in [0.4, 0.5) is 10.5 Å². The molecule has 0 radical (unpaired) electrons. The van der Waals surface area contributed by atoms with E-state index in [1.165, 1.54) is 28.6 Å². The van der Waals surface area contributed by atoms with Gasteiger partial charge in [0.2, 0.25) is 0 Å². The van der Waals surface area contributed by atoms with Gasteiger partial charge in [-0.1, -0.05) is 35.9 Å². The zero-order valence-corrected chi connectivity index (χ0v) is 24.7. The fraction of sp³-hybridized carbons (Fsp3) is 0.400. The van der Waals surface area contributed by atoms with Crippen molar-refractivity contribution in [1.82, 2.24) is 4.57 Å². The average Bonchev–Trinajstić information content (AvgIpc) is 3.78. The predicted molar refractivity (Wildman–Crippen MR) is 167 cm³/mol. The Bertz CT molecular complexity index is 1570. The quantitative estimate of drug-likeness (QED) is 0.224. The average molecular weight is 585 g/mol. The van der Waals surface area contributed by atoms with Gasteiger partial charge in [0.25, 0.3) is 0 Å². The molecule has 2 saturated carbocycles. The van der Waals surface area contributed by atoms with Crippen LogP contribution in [0.2, 0.25) is 5.02 Å². The molecule has 1 unspecified atom stereocenters. The van der Waals surface area contributed by atoms with Gasteiger partial charge in [0.05, 0.1) is 24.4 Å². The SMILES string of the molecule is CC(OC(=O)Nc1ccc(-c2c(-c3ccc(Cl)cc3)c3ccc(OC4CCOCC4)cc3n2C2CCC2)cc1)C1CC1. The van der Waals surface area contributed by atoms with Gasteiger partial charge in [0.1, 0.15) is 18.0 Å². The summed E-state index contributed by atoms with van der Waals surface area (Å²) in [6.45, 7) is 3.47. The number of ether oxygens (including phenoxy) is 3. The number of benzene rings is 3. The Morgan fingerprint density at radius 2 is 1.64 bits per heavy atom. The standard InChI is InChI=1S/C35H37ClN2O4/c1-22(23-5-6-23)41-35(39)37-27-13-9-25(10-14-27)34-33(24-7-11-26(36)12-8-24)31-16-15-30(42-29-17-19-40-20-18-29)21-32(31)38(34)28-3-2-4-28/h7-16,21-23,28-29H,2-6,17-20H2,1H3,(H,37,39). The maximum absolute atomic E-state index is 12.5. The second-order valence-corrected chi connectivity index (χ2v) is 12.4. The number of fused-ring (bicyclic) bond motifs is 1. The molecule has 0 bridgehead atoms. The molecule has 218 valence electrons. The van der Waals surface area contributed by atoms with Crippen LogP contribution in [-0.4, -0.2) is 36.1 Å². The molecular formula is C35H37ClN2O4. The van der Waals surface area contributed by atoms with Crippen molar-refractivity contribution in [2.24, 2.45) is 5.92 Å². The lowest BCUT2D eigenvalue weighted by Gasteiger charge is -2.30. The summed E-state index contributed by atoms with van der Waals surface area (Å²) in [6, 6.07) is 23.2. The van der Waals surface area contributed by atoms with Gasteiger partial charge in [-0.2, -0.15) is 0 Å². The van der Waals surface area contributed by atoms with Crippen LogP contribution in [0.3, 0.4) is 0 Å². The fourth-order valence-electron chi connectivity index (χ4n) is 6.26.